The molecule has 40 heavy (non-hydrogen) atoms. The normalized spacial score (nSPS) is 16.5. The van der Waals surface area contributed by atoms with E-state index in [0.717, 1.165) is 10.3 Å². The van der Waals surface area contributed by atoms with Gasteiger partial charge in [-0.05, 0) is 22.9 Å². The van der Waals surface area contributed by atoms with Gasteiger partial charge in [0.25, 0.3) is 0 Å². The summed E-state index contributed by atoms with van der Waals surface area (Å²) in [4.78, 5) is 40.4. The number of hydrazone groups is 1. The molecule has 2 aromatic carbocycles. The molecular weight excluding hydrogens is 540 g/mol. The number of amides is 2. The first-order chi connectivity index (χ1) is 19.1. The summed E-state index contributed by atoms with van der Waals surface area (Å²) in [5.41, 5.74) is 0. The second-order valence-electron chi connectivity index (χ2n) is 9.16. The van der Waals surface area contributed by atoms with Crippen LogP contribution in [-0.2, 0) is 29.1 Å². The van der Waals surface area contributed by atoms with Gasteiger partial charge in [-0.1, -0.05) is 36.4 Å². The van der Waals surface area contributed by atoms with Crippen LogP contribution in [0.3, 0.4) is 0 Å². The van der Waals surface area contributed by atoms with Gasteiger partial charge in [-0.2, -0.15) is 9.82 Å². The lowest BCUT2D eigenvalue weighted by atomic mass is 10.1. The molecule has 1 aliphatic rings. The van der Waals surface area contributed by atoms with Crippen molar-refractivity contribution in [1.29, 1.82) is 0 Å². The van der Waals surface area contributed by atoms with Crippen LogP contribution >= 0.6 is 0 Å². The zero-order valence-corrected chi connectivity index (χ0v) is 22.8. The maximum absolute atomic E-state index is 13.4. The number of fused-ring (bicyclic) bond motifs is 1. The van der Waals surface area contributed by atoms with Crippen LogP contribution in [0.2, 0.25) is 0 Å². The average molecular weight is 575 g/mol. The summed E-state index contributed by atoms with van der Waals surface area (Å²) >= 11 is 0. The number of morpholine rings is 1. The van der Waals surface area contributed by atoms with Crippen molar-refractivity contribution >= 4 is 44.9 Å². The van der Waals surface area contributed by atoms with Crippen LogP contribution in [0.25, 0.3) is 10.8 Å². The standard InChI is InChI=1S/C26H34N6O7S/c1-2-10-32(11-9-25(34)35)26(36)23(15-24(33)28-16-21-17-31(18-29-27)12-13-39-21)30-40(37,38)22-8-7-19-5-3-4-6-20(19)14-22/h2-8,14,18,21,23,30H,1,9-13,15-17,27H2,(H,28,33)(H,34,35)/t21-,23+/m1/s1. The Kier molecular flexibility index (Phi) is 11.0. The Morgan fingerprint density at radius 1 is 1.25 bits per heavy atom. The van der Waals surface area contributed by atoms with Crippen molar-refractivity contribution in [1.82, 2.24) is 19.8 Å². The van der Waals surface area contributed by atoms with E-state index in [9.17, 15) is 22.8 Å². The van der Waals surface area contributed by atoms with Gasteiger partial charge in [-0.15, -0.1) is 6.58 Å². The van der Waals surface area contributed by atoms with E-state index >= 15 is 0 Å². The Bertz CT molecular complexity index is 1350. The molecule has 216 valence electrons. The number of aliphatic carboxylic acids is 1. The van der Waals surface area contributed by atoms with Crippen LogP contribution in [0.15, 0.2) is 65.1 Å². The lowest BCUT2D eigenvalue weighted by Gasteiger charge is -2.31. The molecule has 0 spiro atoms. The number of carboxylic acid groups (broad SMARTS) is 1. The SMILES string of the molecule is C=CCN(CCC(=O)O)C(=O)[C@H](CC(=O)NC[C@@H]1CN(C=NN)CCO1)NS(=O)(=O)c1ccc2ccccc2c1. The average Bonchev–Trinajstić information content (AvgIpc) is 2.93. The van der Waals surface area contributed by atoms with E-state index in [-0.39, 0.29) is 37.1 Å². The number of hydrogen-bond acceptors (Lipinski definition) is 8. The number of nitrogens with one attached hydrogen (secondary N) is 2. The van der Waals surface area contributed by atoms with Gasteiger partial charge in [-0.25, -0.2) is 8.42 Å². The zero-order valence-electron chi connectivity index (χ0n) is 21.9. The molecular formula is C26H34N6O7S. The molecule has 13 nitrogen and oxygen atoms in total. The van der Waals surface area contributed by atoms with Gasteiger partial charge in [0, 0.05) is 32.7 Å². The third-order valence-electron chi connectivity index (χ3n) is 6.20. The minimum absolute atomic E-state index is 0.0314. The molecule has 0 aromatic heterocycles. The largest absolute Gasteiger partial charge is 0.481 e. The Labute approximate surface area is 232 Å². The fourth-order valence-electron chi connectivity index (χ4n) is 4.22. The van der Waals surface area contributed by atoms with Gasteiger partial charge in [0.15, 0.2) is 0 Å². The van der Waals surface area contributed by atoms with Gasteiger partial charge in [-0.3, -0.25) is 14.4 Å². The quantitative estimate of drug-likeness (QED) is 0.0798. The van der Waals surface area contributed by atoms with Crippen molar-refractivity contribution in [3.63, 3.8) is 0 Å². The number of rotatable bonds is 14. The molecule has 1 fully saturated rings. The minimum Gasteiger partial charge on any atom is -0.481 e. The van der Waals surface area contributed by atoms with E-state index < -0.39 is 40.3 Å². The van der Waals surface area contributed by atoms with Crippen molar-refractivity contribution < 1.29 is 32.6 Å². The van der Waals surface area contributed by atoms with Crippen molar-refractivity contribution in [2.24, 2.45) is 10.9 Å². The molecule has 0 unspecified atom stereocenters. The molecule has 0 radical (unpaired) electrons. The fraction of sp³-hybridized carbons (Fsp3) is 0.385. The van der Waals surface area contributed by atoms with Crippen molar-refractivity contribution in [2.45, 2.75) is 29.9 Å². The highest BCUT2D eigenvalue weighted by atomic mass is 32.2. The molecule has 0 saturated carbocycles. The van der Waals surface area contributed by atoms with E-state index in [2.05, 4.69) is 21.7 Å². The van der Waals surface area contributed by atoms with Crippen LogP contribution in [0.1, 0.15) is 12.8 Å². The first-order valence-electron chi connectivity index (χ1n) is 12.6. The molecule has 2 atom stereocenters. The van der Waals surface area contributed by atoms with Crippen molar-refractivity contribution in [2.75, 3.05) is 39.3 Å². The van der Waals surface area contributed by atoms with E-state index in [4.69, 9.17) is 15.7 Å². The Morgan fingerprint density at radius 2 is 2.00 bits per heavy atom. The molecule has 5 N–H and O–H groups in total. The Balaban J connectivity index is 1.78. The summed E-state index contributed by atoms with van der Waals surface area (Å²) in [7, 11) is -4.25. The van der Waals surface area contributed by atoms with E-state index in [1.807, 2.05) is 17.0 Å². The van der Waals surface area contributed by atoms with Crippen LogP contribution in [0, 0.1) is 0 Å². The summed E-state index contributed by atoms with van der Waals surface area (Å²) in [5.74, 6) is 2.73. The van der Waals surface area contributed by atoms with E-state index in [1.54, 1.807) is 18.2 Å². The number of nitrogens with two attached hydrogens (primary N) is 1. The van der Waals surface area contributed by atoms with Crippen LogP contribution in [0.4, 0.5) is 0 Å². The number of sulfonamides is 1. The fourth-order valence-corrected chi connectivity index (χ4v) is 5.44. The minimum atomic E-state index is -4.25. The number of benzene rings is 2. The molecule has 1 aliphatic heterocycles. The number of hydrogen-bond donors (Lipinski definition) is 4. The third kappa shape index (κ3) is 8.76. The first-order valence-corrected chi connectivity index (χ1v) is 14.1. The highest BCUT2D eigenvalue weighted by Gasteiger charge is 2.32. The predicted molar refractivity (Wildman–Crippen MR) is 149 cm³/mol. The van der Waals surface area contributed by atoms with Crippen LogP contribution in [0.5, 0.6) is 0 Å². The maximum atomic E-state index is 13.4. The summed E-state index contributed by atoms with van der Waals surface area (Å²) in [5, 5.41) is 16.8. The molecule has 14 heteroatoms. The second-order valence-corrected chi connectivity index (χ2v) is 10.9. The number of ether oxygens (including phenoxy) is 1. The highest BCUT2D eigenvalue weighted by Crippen LogP contribution is 2.20. The molecule has 2 aromatic rings. The molecule has 3 rings (SSSR count). The summed E-state index contributed by atoms with van der Waals surface area (Å²) in [6.45, 7) is 4.90. The summed E-state index contributed by atoms with van der Waals surface area (Å²) in [6.07, 6.45) is 1.61. The first kappa shape index (κ1) is 30.5. The van der Waals surface area contributed by atoms with E-state index in [0.29, 0.717) is 25.1 Å². The molecule has 1 heterocycles. The Hall–Kier alpha value is -4.01. The number of carbonyl (C=O) groups is 3. The summed E-state index contributed by atoms with van der Waals surface area (Å²) in [6, 6.07) is 10.2. The van der Waals surface area contributed by atoms with Crippen LogP contribution in [-0.4, -0.2) is 98.9 Å². The van der Waals surface area contributed by atoms with Gasteiger partial charge in [0.05, 0.1) is 30.4 Å². The van der Waals surface area contributed by atoms with Gasteiger partial charge < -0.3 is 30.8 Å². The number of nitrogens with zero attached hydrogens (tertiary/aromatic N) is 3. The second kappa shape index (κ2) is 14.4. The van der Waals surface area contributed by atoms with E-state index in [1.165, 1.54) is 24.5 Å². The lowest BCUT2D eigenvalue weighted by molar-refractivity contribution is -0.139. The Morgan fingerprint density at radius 3 is 2.70 bits per heavy atom. The van der Waals surface area contributed by atoms with Gasteiger partial charge >= 0.3 is 5.97 Å². The monoisotopic (exact) mass is 574 g/mol. The van der Waals surface area contributed by atoms with Gasteiger partial charge in [0.1, 0.15) is 12.4 Å². The highest BCUT2D eigenvalue weighted by molar-refractivity contribution is 7.89. The molecule has 2 amide bonds. The number of carbonyl (C=O) groups excluding carboxylic acids is 2. The topological polar surface area (TPSA) is 184 Å². The zero-order chi connectivity index (χ0) is 29.1. The van der Waals surface area contributed by atoms with Crippen molar-refractivity contribution in [3.05, 3.63) is 55.1 Å². The maximum Gasteiger partial charge on any atom is 0.305 e. The lowest BCUT2D eigenvalue weighted by Crippen LogP contribution is -2.52. The third-order valence-corrected chi connectivity index (χ3v) is 7.67. The van der Waals surface area contributed by atoms with Crippen molar-refractivity contribution in [3.8, 4) is 0 Å². The van der Waals surface area contributed by atoms with Crippen LogP contribution < -0.4 is 15.9 Å². The summed E-state index contributed by atoms with van der Waals surface area (Å²) < 4.78 is 34.7. The smallest absolute Gasteiger partial charge is 0.305 e. The predicted octanol–water partition coefficient (Wildman–Crippen LogP) is 0.0851. The van der Waals surface area contributed by atoms with Gasteiger partial charge in [0.2, 0.25) is 21.8 Å². The molecule has 0 aliphatic carbocycles. The molecule has 1 saturated heterocycles. The number of carboxylic acids is 1. The molecule has 0 bridgehead atoms.